The van der Waals surface area contributed by atoms with E-state index in [-0.39, 0.29) is 25.5 Å². The molecule has 0 aliphatic carbocycles. The second kappa shape index (κ2) is 6.74. The highest BCUT2D eigenvalue weighted by atomic mass is 16.6. The average molecular weight is 238 g/mol. The van der Waals surface area contributed by atoms with Crippen LogP contribution in [0.1, 0.15) is 20.7 Å². The lowest BCUT2D eigenvalue weighted by Gasteiger charge is -2.04. The smallest absolute Gasteiger partial charge is 0.338 e. The van der Waals surface area contributed by atoms with Crippen molar-refractivity contribution in [1.29, 1.82) is 0 Å². The fourth-order valence-corrected chi connectivity index (χ4v) is 1.18. The first-order valence-electron chi connectivity index (χ1n) is 5.01. The summed E-state index contributed by atoms with van der Waals surface area (Å²) < 4.78 is 4.84. The third kappa shape index (κ3) is 3.95. The minimum Gasteiger partial charge on any atom is -0.460 e. The highest BCUT2D eigenvalue weighted by Crippen LogP contribution is 2.06. The standard InChI is InChI=1S/C11H14N2O4/c12-7-10(14)8-1-3-9(4-2-8)11(15)16-5-6-17-13/h1-4H,5-7,12-13H2. The molecule has 0 fully saturated rings. The maximum absolute atomic E-state index is 11.4. The van der Waals surface area contributed by atoms with Crippen LogP contribution in [-0.2, 0) is 9.57 Å². The first kappa shape index (κ1) is 13.3. The molecule has 1 aromatic carbocycles. The number of ketones is 1. The topological polar surface area (TPSA) is 105 Å². The van der Waals surface area contributed by atoms with Gasteiger partial charge in [0.15, 0.2) is 5.78 Å². The van der Waals surface area contributed by atoms with E-state index >= 15 is 0 Å². The average Bonchev–Trinajstić information content (AvgIpc) is 2.38. The Morgan fingerprint density at radius 3 is 2.18 bits per heavy atom. The molecule has 0 spiro atoms. The molecular formula is C11H14N2O4. The molecule has 0 aromatic heterocycles. The predicted octanol–water partition coefficient (Wildman–Crippen LogP) is -0.125. The molecule has 1 rings (SSSR count). The first-order chi connectivity index (χ1) is 8.19. The van der Waals surface area contributed by atoms with Crippen LogP contribution < -0.4 is 11.6 Å². The molecule has 17 heavy (non-hydrogen) atoms. The van der Waals surface area contributed by atoms with Gasteiger partial charge in [-0.25, -0.2) is 10.7 Å². The van der Waals surface area contributed by atoms with Crippen molar-refractivity contribution in [1.82, 2.24) is 0 Å². The van der Waals surface area contributed by atoms with Crippen LogP contribution in [0.2, 0.25) is 0 Å². The fourth-order valence-electron chi connectivity index (χ4n) is 1.18. The molecule has 1 aromatic rings. The van der Waals surface area contributed by atoms with Gasteiger partial charge in [-0.3, -0.25) is 4.79 Å². The number of benzene rings is 1. The molecule has 6 heteroatoms. The van der Waals surface area contributed by atoms with Crippen LogP contribution in [0.5, 0.6) is 0 Å². The number of hydrogen-bond acceptors (Lipinski definition) is 6. The van der Waals surface area contributed by atoms with Gasteiger partial charge in [-0.05, 0) is 12.1 Å². The Morgan fingerprint density at radius 2 is 1.65 bits per heavy atom. The van der Waals surface area contributed by atoms with E-state index < -0.39 is 5.97 Å². The molecule has 4 N–H and O–H groups in total. The van der Waals surface area contributed by atoms with E-state index in [1.165, 1.54) is 24.3 Å². The van der Waals surface area contributed by atoms with Crippen molar-refractivity contribution in [3.63, 3.8) is 0 Å². The summed E-state index contributed by atoms with van der Waals surface area (Å²) in [5.74, 6) is 4.11. The second-order valence-corrected chi connectivity index (χ2v) is 3.21. The van der Waals surface area contributed by atoms with E-state index in [9.17, 15) is 9.59 Å². The minimum absolute atomic E-state index is 0.0579. The lowest BCUT2D eigenvalue weighted by atomic mass is 10.1. The Balaban J connectivity index is 2.61. The van der Waals surface area contributed by atoms with Crippen LogP contribution in [0.15, 0.2) is 24.3 Å². The van der Waals surface area contributed by atoms with Crippen LogP contribution in [0.4, 0.5) is 0 Å². The van der Waals surface area contributed by atoms with Crippen LogP contribution in [0.3, 0.4) is 0 Å². The van der Waals surface area contributed by atoms with E-state index in [4.69, 9.17) is 16.4 Å². The molecule has 6 nitrogen and oxygen atoms in total. The largest absolute Gasteiger partial charge is 0.460 e. The van der Waals surface area contributed by atoms with E-state index in [1.54, 1.807) is 0 Å². The Kier molecular flexibility index (Phi) is 5.28. The highest BCUT2D eigenvalue weighted by Gasteiger charge is 2.08. The first-order valence-corrected chi connectivity index (χ1v) is 5.01. The summed E-state index contributed by atoms with van der Waals surface area (Å²) in [6, 6.07) is 6.08. The molecule has 0 saturated carbocycles. The van der Waals surface area contributed by atoms with E-state index in [0.29, 0.717) is 11.1 Å². The van der Waals surface area contributed by atoms with Gasteiger partial charge >= 0.3 is 5.97 Å². The normalized spacial score (nSPS) is 10.0. The molecule has 0 aliphatic heterocycles. The van der Waals surface area contributed by atoms with Gasteiger partial charge in [0.25, 0.3) is 0 Å². The van der Waals surface area contributed by atoms with E-state index in [1.807, 2.05) is 0 Å². The highest BCUT2D eigenvalue weighted by molar-refractivity contribution is 5.98. The molecular weight excluding hydrogens is 224 g/mol. The maximum atomic E-state index is 11.4. The summed E-state index contributed by atoms with van der Waals surface area (Å²) in [5.41, 5.74) is 6.04. The van der Waals surface area contributed by atoms with Crippen molar-refractivity contribution in [2.24, 2.45) is 11.6 Å². The lowest BCUT2D eigenvalue weighted by Crippen LogP contribution is -2.15. The van der Waals surface area contributed by atoms with Gasteiger partial charge in [-0.2, -0.15) is 0 Å². The zero-order chi connectivity index (χ0) is 12.7. The molecule has 0 saturated heterocycles. The Labute approximate surface area is 98.4 Å². The minimum atomic E-state index is -0.492. The second-order valence-electron chi connectivity index (χ2n) is 3.21. The van der Waals surface area contributed by atoms with Gasteiger partial charge in [0.1, 0.15) is 13.2 Å². The fraction of sp³-hybridized carbons (Fsp3) is 0.273. The van der Waals surface area contributed by atoms with E-state index in [2.05, 4.69) is 4.84 Å². The summed E-state index contributed by atoms with van der Waals surface area (Å²) in [4.78, 5) is 26.9. The number of ether oxygens (including phenoxy) is 1. The van der Waals surface area contributed by atoms with Crippen LogP contribution >= 0.6 is 0 Å². The Morgan fingerprint density at radius 1 is 1.06 bits per heavy atom. The molecule has 0 radical (unpaired) electrons. The number of nitrogens with two attached hydrogens (primary N) is 2. The Hall–Kier alpha value is -1.76. The number of rotatable bonds is 6. The Bertz CT molecular complexity index is 389. The quantitative estimate of drug-likeness (QED) is 0.310. The zero-order valence-electron chi connectivity index (χ0n) is 9.22. The van der Waals surface area contributed by atoms with Crippen molar-refractivity contribution in [3.05, 3.63) is 35.4 Å². The van der Waals surface area contributed by atoms with E-state index in [0.717, 1.165) is 0 Å². The monoisotopic (exact) mass is 238 g/mol. The molecule has 92 valence electrons. The number of Topliss-reactive ketones (excluding diaryl/α,β-unsaturated/α-hetero) is 1. The molecule has 0 atom stereocenters. The van der Waals surface area contributed by atoms with Crippen molar-refractivity contribution in [3.8, 4) is 0 Å². The lowest BCUT2D eigenvalue weighted by molar-refractivity contribution is 0.0317. The number of esters is 1. The number of carbonyl (C=O) groups excluding carboxylic acids is 2. The van der Waals surface area contributed by atoms with Crippen LogP contribution in [-0.4, -0.2) is 31.5 Å². The number of carbonyl (C=O) groups is 2. The van der Waals surface area contributed by atoms with Crippen molar-refractivity contribution in [2.45, 2.75) is 0 Å². The summed E-state index contributed by atoms with van der Waals surface area (Å²) in [7, 11) is 0. The van der Waals surface area contributed by atoms with Crippen LogP contribution in [0, 0.1) is 0 Å². The molecule has 0 bridgehead atoms. The molecule has 0 amide bonds. The van der Waals surface area contributed by atoms with Gasteiger partial charge in [-0.1, -0.05) is 12.1 Å². The van der Waals surface area contributed by atoms with Gasteiger partial charge in [0.2, 0.25) is 0 Å². The third-order valence-electron chi connectivity index (χ3n) is 2.06. The summed E-state index contributed by atoms with van der Waals surface area (Å²) in [6.45, 7) is 0.159. The summed E-state index contributed by atoms with van der Waals surface area (Å²) in [5, 5.41) is 0. The van der Waals surface area contributed by atoms with Crippen molar-refractivity contribution >= 4 is 11.8 Å². The van der Waals surface area contributed by atoms with Gasteiger partial charge in [-0.15, -0.1) is 0 Å². The molecule has 0 unspecified atom stereocenters. The van der Waals surface area contributed by atoms with Gasteiger partial charge in [0.05, 0.1) is 12.1 Å². The van der Waals surface area contributed by atoms with Gasteiger partial charge in [0, 0.05) is 5.56 Å². The maximum Gasteiger partial charge on any atom is 0.338 e. The summed E-state index contributed by atoms with van der Waals surface area (Å²) in [6.07, 6.45) is 0. The van der Waals surface area contributed by atoms with Crippen molar-refractivity contribution in [2.75, 3.05) is 19.8 Å². The van der Waals surface area contributed by atoms with Crippen molar-refractivity contribution < 1.29 is 19.2 Å². The molecule has 0 heterocycles. The summed E-state index contributed by atoms with van der Waals surface area (Å²) >= 11 is 0. The zero-order valence-corrected chi connectivity index (χ0v) is 9.22. The van der Waals surface area contributed by atoms with Crippen LogP contribution in [0.25, 0.3) is 0 Å². The number of hydrogen-bond donors (Lipinski definition) is 2. The SMILES string of the molecule is NCC(=O)c1ccc(C(=O)OCCON)cc1. The van der Waals surface area contributed by atoms with Gasteiger partial charge < -0.3 is 15.3 Å². The molecule has 0 aliphatic rings. The predicted molar refractivity (Wildman–Crippen MR) is 60.2 cm³/mol. The third-order valence-corrected chi connectivity index (χ3v) is 2.06.